The van der Waals surface area contributed by atoms with Gasteiger partial charge >= 0.3 is 0 Å². The zero-order valence-corrected chi connectivity index (χ0v) is 11.2. The van der Waals surface area contributed by atoms with E-state index >= 15 is 0 Å². The van der Waals surface area contributed by atoms with Gasteiger partial charge in [0.1, 0.15) is 5.02 Å². The largest absolute Gasteiger partial charge is 0.369 e. The number of hydrogen-bond acceptors (Lipinski definition) is 6. The Morgan fingerprint density at radius 1 is 1.53 bits per heavy atom. The minimum Gasteiger partial charge on any atom is -0.369 e. The Balaban J connectivity index is 1.70. The summed E-state index contributed by atoms with van der Waals surface area (Å²) in [6.07, 6.45) is 4.88. The van der Waals surface area contributed by atoms with E-state index in [9.17, 15) is 4.79 Å². The fourth-order valence-electron chi connectivity index (χ4n) is 1.54. The Hall–Kier alpha value is -1.60. The van der Waals surface area contributed by atoms with Crippen LogP contribution in [-0.2, 0) is 4.79 Å². The minimum absolute atomic E-state index is 0.0994. The molecule has 0 unspecified atom stereocenters. The average Bonchev–Trinajstić information content (AvgIpc) is 3.20. The summed E-state index contributed by atoms with van der Waals surface area (Å²) in [5, 5.41) is 6.41. The molecule has 1 amide bonds. The highest BCUT2D eigenvalue weighted by atomic mass is 35.5. The number of amides is 1. The summed E-state index contributed by atoms with van der Waals surface area (Å²) < 4.78 is 0. The van der Waals surface area contributed by atoms with Gasteiger partial charge in [-0.25, -0.2) is 10.8 Å². The summed E-state index contributed by atoms with van der Waals surface area (Å²) in [6, 6.07) is 0.412. The summed E-state index contributed by atoms with van der Waals surface area (Å²) in [4.78, 5) is 19.4. The van der Waals surface area contributed by atoms with Gasteiger partial charge in [-0.2, -0.15) is 4.98 Å². The second kappa shape index (κ2) is 6.53. The first-order chi connectivity index (χ1) is 9.19. The Morgan fingerprint density at radius 2 is 2.32 bits per heavy atom. The van der Waals surface area contributed by atoms with E-state index < -0.39 is 0 Å². The molecule has 1 heterocycles. The molecule has 0 saturated heterocycles. The fraction of sp³-hybridized carbons (Fsp3) is 0.545. The number of aromatic nitrogens is 2. The maximum Gasteiger partial charge on any atom is 0.239 e. The third kappa shape index (κ3) is 4.53. The van der Waals surface area contributed by atoms with Crippen LogP contribution in [0.3, 0.4) is 0 Å². The van der Waals surface area contributed by atoms with Crippen LogP contribution in [0.25, 0.3) is 0 Å². The number of carbonyl (C=O) groups is 1. The van der Waals surface area contributed by atoms with E-state index in [1.165, 1.54) is 6.20 Å². The van der Waals surface area contributed by atoms with Gasteiger partial charge in [0.2, 0.25) is 11.9 Å². The standard InChI is InChI=1S/C11H17ClN6O/c12-8-6-15-11(18-13)17-10(8)14-5-1-2-9(19)16-7-3-4-7/h6-7H,1-5,13H2,(H,16,19)(H2,14,15,17,18). The summed E-state index contributed by atoms with van der Waals surface area (Å²) in [6.45, 7) is 0.610. The van der Waals surface area contributed by atoms with E-state index in [0.29, 0.717) is 42.2 Å². The third-order valence-electron chi connectivity index (χ3n) is 2.69. The van der Waals surface area contributed by atoms with Crippen LogP contribution in [0.15, 0.2) is 6.20 Å². The minimum atomic E-state index is 0.0994. The molecule has 8 heteroatoms. The number of nitrogens with two attached hydrogens (primary N) is 1. The number of nitrogen functional groups attached to an aromatic ring is 1. The molecule has 0 atom stereocenters. The van der Waals surface area contributed by atoms with E-state index in [4.69, 9.17) is 17.4 Å². The summed E-state index contributed by atoms with van der Waals surface area (Å²) >= 11 is 5.94. The van der Waals surface area contributed by atoms with Crippen molar-refractivity contribution in [3.05, 3.63) is 11.2 Å². The van der Waals surface area contributed by atoms with Gasteiger partial charge in [-0.05, 0) is 19.3 Å². The molecule has 0 radical (unpaired) electrons. The summed E-state index contributed by atoms with van der Waals surface area (Å²) in [5.41, 5.74) is 2.35. The maximum absolute atomic E-state index is 11.5. The number of rotatable bonds is 7. The highest BCUT2D eigenvalue weighted by molar-refractivity contribution is 6.32. The monoisotopic (exact) mass is 284 g/mol. The van der Waals surface area contributed by atoms with Crippen molar-refractivity contribution in [3.8, 4) is 0 Å². The molecular weight excluding hydrogens is 268 g/mol. The molecule has 1 aliphatic rings. The molecule has 7 nitrogen and oxygen atoms in total. The molecule has 5 N–H and O–H groups in total. The molecule has 104 valence electrons. The molecule has 1 aromatic rings. The molecule has 1 aromatic heterocycles. The van der Waals surface area contributed by atoms with Crippen molar-refractivity contribution < 1.29 is 4.79 Å². The quantitative estimate of drug-likeness (QED) is 0.337. The average molecular weight is 285 g/mol. The topological polar surface area (TPSA) is 105 Å². The van der Waals surface area contributed by atoms with Crippen molar-refractivity contribution in [2.45, 2.75) is 31.7 Å². The summed E-state index contributed by atoms with van der Waals surface area (Å²) in [7, 11) is 0. The van der Waals surface area contributed by atoms with E-state index in [1.54, 1.807) is 0 Å². The van der Waals surface area contributed by atoms with Crippen LogP contribution < -0.4 is 21.9 Å². The predicted octanol–water partition coefficient (Wildman–Crippen LogP) is 0.886. The molecule has 0 spiro atoms. The van der Waals surface area contributed by atoms with E-state index in [-0.39, 0.29) is 5.91 Å². The highest BCUT2D eigenvalue weighted by Crippen LogP contribution is 2.20. The van der Waals surface area contributed by atoms with Crippen molar-refractivity contribution in [2.75, 3.05) is 17.3 Å². The van der Waals surface area contributed by atoms with Gasteiger partial charge in [0.25, 0.3) is 0 Å². The molecule has 0 aromatic carbocycles. The fourth-order valence-corrected chi connectivity index (χ4v) is 1.70. The smallest absolute Gasteiger partial charge is 0.239 e. The van der Waals surface area contributed by atoms with Gasteiger partial charge in [-0.3, -0.25) is 10.2 Å². The molecule has 1 fully saturated rings. The summed E-state index contributed by atoms with van der Waals surface area (Å²) in [5.74, 6) is 6.11. The first-order valence-electron chi connectivity index (χ1n) is 6.21. The molecule has 0 aliphatic heterocycles. The number of anilines is 2. The van der Waals surface area contributed by atoms with Crippen LogP contribution in [0, 0.1) is 0 Å². The number of hydrazine groups is 1. The van der Waals surface area contributed by atoms with E-state index in [0.717, 1.165) is 12.8 Å². The zero-order valence-electron chi connectivity index (χ0n) is 10.4. The molecule has 19 heavy (non-hydrogen) atoms. The predicted molar refractivity (Wildman–Crippen MR) is 73.7 cm³/mol. The lowest BCUT2D eigenvalue weighted by Gasteiger charge is -2.08. The lowest BCUT2D eigenvalue weighted by atomic mass is 10.3. The van der Waals surface area contributed by atoms with Crippen LogP contribution in [0.2, 0.25) is 5.02 Å². The van der Waals surface area contributed by atoms with Crippen LogP contribution in [0.1, 0.15) is 25.7 Å². The van der Waals surface area contributed by atoms with E-state index in [1.807, 2.05) is 0 Å². The van der Waals surface area contributed by atoms with Crippen molar-refractivity contribution in [1.82, 2.24) is 15.3 Å². The van der Waals surface area contributed by atoms with Crippen molar-refractivity contribution in [2.24, 2.45) is 5.84 Å². The van der Waals surface area contributed by atoms with Gasteiger partial charge in [-0.1, -0.05) is 11.6 Å². The lowest BCUT2D eigenvalue weighted by Crippen LogP contribution is -2.25. The van der Waals surface area contributed by atoms with Crippen LogP contribution in [0.4, 0.5) is 11.8 Å². The molecule has 1 aliphatic carbocycles. The Bertz CT molecular complexity index is 451. The number of nitrogens with one attached hydrogen (secondary N) is 3. The molecule has 0 bridgehead atoms. The Labute approximate surface area is 116 Å². The first-order valence-corrected chi connectivity index (χ1v) is 6.59. The van der Waals surface area contributed by atoms with Crippen LogP contribution >= 0.6 is 11.6 Å². The highest BCUT2D eigenvalue weighted by Gasteiger charge is 2.22. The second-order valence-corrected chi connectivity index (χ2v) is 4.81. The number of halogens is 1. The van der Waals surface area contributed by atoms with Crippen molar-refractivity contribution >= 4 is 29.3 Å². The lowest BCUT2D eigenvalue weighted by molar-refractivity contribution is -0.121. The molecular formula is C11H17ClN6O. The Kier molecular flexibility index (Phi) is 4.75. The van der Waals surface area contributed by atoms with Gasteiger partial charge < -0.3 is 10.6 Å². The first kappa shape index (κ1) is 13.8. The van der Waals surface area contributed by atoms with Gasteiger partial charge in [0, 0.05) is 19.0 Å². The van der Waals surface area contributed by atoms with Gasteiger partial charge in [0.15, 0.2) is 5.82 Å². The number of carbonyl (C=O) groups excluding carboxylic acids is 1. The van der Waals surface area contributed by atoms with Crippen molar-refractivity contribution in [3.63, 3.8) is 0 Å². The van der Waals surface area contributed by atoms with E-state index in [2.05, 4.69) is 26.0 Å². The molecule has 1 saturated carbocycles. The zero-order chi connectivity index (χ0) is 13.7. The molecule has 2 rings (SSSR count). The van der Waals surface area contributed by atoms with Crippen molar-refractivity contribution in [1.29, 1.82) is 0 Å². The van der Waals surface area contributed by atoms with Gasteiger partial charge in [0.05, 0.1) is 6.20 Å². The second-order valence-electron chi connectivity index (χ2n) is 4.41. The maximum atomic E-state index is 11.5. The van der Waals surface area contributed by atoms with Crippen LogP contribution in [0.5, 0.6) is 0 Å². The van der Waals surface area contributed by atoms with Gasteiger partial charge in [-0.15, -0.1) is 0 Å². The number of hydrogen-bond donors (Lipinski definition) is 4. The Morgan fingerprint density at radius 3 is 3.00 bits per heavy atom. The third-order valence-corrected chi connectivity index (χ3v) is 2.97. The van der Waals surface area contributed by atoms with Crippen LogP contribution in [-0.4, -0.2) is 28.5 Å². The normalized spacial score (nSPS) is 14.0. The number of nitrogens with zero attached hydrogens (tertiary/aromatic N) is 2. The SMILES string of the molecule is NNc1ncc(Cl)c(NCCCC(=O)NC2CC2)n1.